The molecular formula is C27H25NO2. The molecule has 150 valence electrons. The first kappa shape index (κ1) is 19.7. The lowest BCUT2D eigenvalue weighted by molar-refractivity contribution is 0.0976. The highest BCUT2D eigenvalue weighted by Crippen LogP contribution is 2.27. The minimum absolute atomic E-state index is 0.112. The van der Waals surface area contributed by atoms with Crippen molar-refractivity contribution >= 4 is 22.2 Å². The van der Waals surface area contributed by atoms with Gasteiger partial charge in [-0.15, -0.1) is 0 Å². The molecule has 0 aliphatic rings. The number of methoxy groups -OCH3 is 1. The van der Waals surface area contributed by atoms with Gasteiger partial charge in [-0.3, -0.25) is 4.79 Å². The summed E-state index contributed by atoms with van der Waals surface area (Å²) in [6, 6.07) is 30.0. The number of nitrogens with one attached hydrogen (secondary N) is 1. The SMILES string of the molecule is COc1ccc(C(CC(=O)c2ccc3ccccc3c2)Nc2ccc(C)cc2)cc1. The maximum Gasteiger partial charge on any atom is 0.165 e. The molecule has 0 fully saturated rings. The topological polar surface area (TPSA) is 38.3 Å². The van der Waals surface area contributed by atoms with E-state index < -0.39 is 0 Å². The van der Waals surface area contributed by atoms with Crippen molar-refractivity contribution in [2.24, 2.45) is 0 Å². The molecule has 0 aliphatic heterocycles. The van der Waals surface area contributed by atoms with Gasteiger partial charge < -0.3 is 10.1 Å². The zero-order chi connectivity index (χ0) is 20.9. The minimum atomic E-state index is -0.141. The van der Waals surface area contributed by atoms with Crippen LogP contribution in [0.3, 0.4) is 0 Å². The zero-order valence-corrected chi connectivity index (χ0v) is 17.3. The highest BCUT2D eigenvalue weighted by atomic mass is 16.5. The molecule has 0 radical (unpaired) electrons. The first-order valence-corrected chi connectivity index (χ1v) is 10.1. The van der Waals surface area contributed by atoms with Crippen molar-refractivity contribution in [2.75, 3.05) is 12.4 Å². The number of benzene rings is 4. The van der Waals surface area contributed by atoms with E-state index in [4.69, 9.17) is 4.74 Å². The number of ether oxygens (including phenoxy) is 1. The molecule has 0 aromatic heterocycles. The van der Waals surface area contributed by atoms with Gasteiger partial charge >= 0.3 is 0 Å². The largest absolute Gasteiger partial charge is 0.497 e. The molecular weight excluding hydrogens is 370 g/mol. The van der Waals surface area contributed by atoms with Crippen LogP contribution in [0, 0.1) is 6.92 Å². The average Bonchev–Trinajstić information content (AvgIpc) is 2.79. The summed E-state index contributed by atoms with van der Waals surface area (Å²) in [5.41, 5.74) is 3.98. The Bertz CT molecular complexity index is 1150. The standard InChI is InChI=1S/C27H25NO2/c1-19-7-13-24(14-8-19)28-26(21-11-15-25(30-2)16-12-21)18-27(29)23-10-9-20-5-3-4-6-22(20)17-23/h3-17,26,28H,18H2,1-2H3. The van der Waals surface area contributed by atoms with Gasteiger partial charge in [0.15, 0.2) is 5.78 Å². The molecule has 0 saturated carbocycles. The van der Waals surface area contributed by atoms with Gasteiger partial charge in [0.05, 0.1) is 13.2 Å². The van der Waals surface area contributed by atoms with E-state index in [9.17, 15) is 4.79 Å². The Balaban J connectivity index is 1.61. The second-order valence-corrected chi connectivity index (χ2v) is 7.53. The van der Waals surface area contributed by atoms with Gasteiger partial charge in [-0.1, -0.05) is 66.2 Å². The third kappa shape index (κ3) is 4.52. The van der Waals surface area contributed by atoms with Gasteiger partial charge in [0.2, 0.25) is 0 Å². The summed E-state index contributed by atoms with van der Waals surface area (Å²) in [6.07, 6.45) is 0.360. The number of Topliss-reactive ketones (excluding diaryl/α,β-unsaturated/α-hetero) is 1. The maximum absolute atomic E-state index is 13.2. The summed E-state index contributed by atoms with van der Waals surface area (Å²) in [5, 5.41) is 5.75. The molecule has 4 aromatic rings. The van der Waals surface area contributed by atoms with Crippen LogP contribution in [0.1, 0.15) is 33.9 Å². The van der Waals surface area contributed by atoms with E-state index in [1.54, 1.807) is 7.11 Å². The predicted octanol–water partition coefficient (Wildman–Crippen LogP) is 6.58. The molecule has 4 aromatic carbocycles. The van der Waals surface area contributed by atoms with E-state index in [-0.39, 0.29) is 11.8 Å². The number of ketones is 1. The molecule has 30 heavy (non-hydrogen) atoms. The van der Waals surface area contributed by atoms with E-state index in [0.717, 1.165) is 33.3 Å². The number of hydrogen-bond donors (Lipinski definition) is 1. The number of carbonyl (C=O) groups is 1. The van der Waals surface area contributed by atoms with Gasteiger partial charge in [0.25, 0.3) is 0 Å². The van der Waals surface area contributed by atoms with Crippen LogP contribution in [0.5, 0.6) is 5.75 Å². The third-order valence-corrected chi connectivity index (χ3v) is 5.37. The highest BCUT2D eigenvalue weighted by molar-refractivity contribution is 6.00. The number of hydrogen-bond acceptors (Lipinski definition) is 3. The molecule has 0 bridgehead atoms. The third-order valence-electron chi connectivity index (χ3n) is 5.37. The second-order valence-electron chi connectivity index (χ2n) is 7.53. The molecule has 0 amide bonds. The van der Waals surface area contributed by atoms with E-state index in [2.05, 4.69) is 30.4 Å². The number of anilines is 1. The van der Waals surface area contributed by atoms with Crippen LogP contribution in [-0.2, 0) is 0 Å². The quantitative estimate of drug-likeness (QED) is 0.359. The van der Waals surface area contributed by atoms with Gasteiger partial charge in [0, 0.05) is 17.7 Å². The summed E-state index contributed by atoms with van der Waals surface area (Å²) in [7, 11) is 1.65. The monoisotopic (exact) mass is 395 g/mol. The zero-order valence-electron chi connectivity index (χ0n) is 17.3. The highest BCUT2D eigenvalue weighted by Gasteiger charge is 2.18. The van der Waals surface area contributed by atoms with Crippen molar-refractivity contribution < 1.29 is 9.53 Å². The molecule has 1 unspecified atom stereocenters. The Labute approximate surface area is 177 Å². The van der Waals surface area contributed by atoms with Crippen LogP contribution in [0.15, 0.2) is 91.0 Å². The molecule has 0 saturated heterocycles. The average molecular weight is 396 g/mol. The van der Waals surface area contributed by atoms with E-state index in [0.29, 0.717) is 6.42 Å². The van der Waals surface area contributed by atoms with Crippen molar-refractivity contribution in [1.29, 1.82) is 0 Å². The maximum atomic E-state index is 13.2. The molecule has 0 aliphatic carbocycles. The Kier molecular flexibility index (Phi) is 5.80. The second kappa shape index (κ2) is 8.83. The van der Waals surface area contributed by atoms with Crippen molar-refractivity contribution in [1.82, 2.24) is 0 Å². The number of carbonyl (C=O) groups excluding carboxylic acids is 1. The molecule has 0 spiro atoms. The van der Waals surface area contributed by atoms with Crippen LogP contribution in [0.2, 0.25) is 0 Å². The summed E-state index contributed by atoms with van der Waals surface area (Å²) in [5.74, 6) is 0.912. The van der Waals surface area contributed by atoms with Crippen LogP contribution in [0.25, 0.3) is 10.8 Å². The lowest BCUT2D eigenvalue weighted by Gasteiger charge is -2.20. The summed E-state index contributed by atoms with van der Waals surface area (Å²) < 4.78 is 5.28. The summed E-state index contributed by atoms with van der Waals surface area (Å²) in [4.78, 5) is 13.2. The summed E-state index contributed by atoms with van der Waals surface area (Å²) in [6.45, 7) is 2.06. The van der Waals surface area contributed by atoms with Gasteiger partial charge in [-0.25, -0.2) is 0 Å². The smallest absolute Gasteiger partial charge is 0.165 e. The van der Waals surface area contributed by atoms with E-state index >= 15 is 0 Å². The molecule has 3 nitrogen and oxygen atoms in total. The van der Waals surface area contributed by atoms with Crippen LogP contribution >= 0.6 is 0 Å². The van der Waals surface area contributed by atoms with Gasteiger partial charge in [0.1, 0.15) is 5.75 Å². The Morgan fingerprint density at radius 2 is 1.57 bits per heavy atom. The molecule has 1 N–H and O–H groups in total. The van der Waals surface area contributed by atoms with Crippen molar-refractivity contribution in [3.8, 4) is 5.75 Å². The lowest BCUT2D eigenvalue weighted by Crippen LogP contribution is -2.16. The van der Waals surface area contributed by atoms with E-state index in [1.165, 1.54) is 5.56 Å². The predicted molar refractivity (Wildman–Crippen MR) is 123 cm³/mol. The van der Waals surface area contributed by atoms with Crippen LogP contribution in [0.4, 0.5) is 5.69 Å². The van der Waals surface area contributed by atoms with Crippen molar-refractivity contribution in [3.05, 3.63) is 108 Å². The van der Waals surface area contributed by atoms with Crippen LogP contribution < -0.4 is 10.1 Å². The Morgan fingerprint density at radius 3 is 2.27 bits per heavy atom. The number of aryl methyl sites for hydroxylation is 1. The minimum Gasteiger partial charge on any atom is -0.497 e. The Hall–Kier alpha value is -3.59. The van der Waals surface area contributed by atoms with Crippen molar-refractivity contribution in [2.45, 2.75) is 19.4 Å². The normalized spacial score (nSPS) is 11.8. The molecule has 3 heteroatoms. The number of fused-ring (bicyclic) bond motifs is 1. The fourth-order valence-corrected chi connectivity index (χ4v) is 3.61. The fraction of sp³-hybridized carbons (Fsp3) is 0.148. The Morgan fingerprint density at radius 1 is 0.867 bits per heavy atom. The molecule has 0 heterocycles. The first-order valence-electron chi connectivity index (χ1n) is 10.1. The number of rotatable bonds is 7. The van der Waals surface area contributed by atoms with E-state index in [1.807, 2.05) is 72.8 Å². The summed E-state index contributed by atoms with van der Waals surface area (Å²) >= 11 is 0. The lowest BCUT2D eigenvalue weighted by atomic mass is 9.96. The molecule has 1 atom stereocenters. The first-order chi connectivity index (χ1) is 14.6. The van der Waals surface area contributed by atoms with Crippen LogP contribution in [-0.4, -0.2) is 12.9 Å². The molecule has 4 rings (SSSR count). The van der Waals surface area contributed by atoms with Crippen molar-refractivity contribution in [3.63, 3.8) is 0 Å². The fourth-order valence-electron chi connectivity index (χ4n) is 3.61. The van der Waals surface area contributed by atoms with Gasteiger partial charge in [-0.05, 0) is 53.6 Å². The van der Waals surface area contributed by atoms with Gasteiger partial charge in [-0.2, -0.15) is 0 Å².